The lowest BCUT2D eigenvalue weighted by Gasteiger charge is -2.02. The molecule has 0 bridgehead atoms. The number of aromatic nitrogens is 3. The molecule has 0 aliphatic rings. The molecule has 14 heavy (non-hydrogen) atoms. The molecule has 4 nitrogen and oxygen atoms in total. The fraction of sp³-hybridized carbons (Fsp3) is 0.111. The second-order valence-corrected chi connectivity index (χ2v) is 3.85. The molecule has 0 atom stereocenters. The second-order valence-electron chi connectivity index (χ2n) is 2.99. The molecular weight excluding hydrogens is 244 g/mol. The number of nitrogens with two attached hydrogens (primary N) is 1. The van der Waals surface area contributed by atoms with Gasteiger partial charge in [-0.15, -0.1) is 9.90 Å². The van der Waals surface area contributed by atoms with E-state index >= 15 is 0 Å². The van der Waals surface area contributed by atoms with Crippen LogP contribution < -0.4 is 5.73 Å². The van der Waals surface area contributed by atoms with Crippen LogP contribution in [0, 0.1) is 6.92 Å². The Labute approximate surface area is 89.9 Å². The highest BCUT2D eigenvalue weighted by Gasteiger charge is 2.01. The number of benzene rings is 1. The van der Waals surface area contributed by atoms with Gasteiger partial charge in [0, 0.05) is 4.47 Å². The number of hydrogen-bond donors (Lipinski definition) is 1. The van der Waals surface area contributed by atoms with E-state index in [1.165, 1.54) is 11.0 Å². The highest BCUT2D eigenvalue weighted by Crippen LogP contribution is 2.18. The summed E-state index contributed by atoms with van der Waals surface area (Å²) in [5.41, 5.74) is 7.52. The number of nitrogens with zero attached hydrogens (tertiary/aromatic N) is 3. The zero-order valence-electron chi connectivity index (χ0n) is 7.61. The predicted molar refractivity (Wildman–Crippen MR) is 58.2 cm³/mol. The standard InChI is InChI=1S/C9H9BrN4/c1-6-4-7(2-3-8(6)10)14-12-5-9(11)13-14/h2-5H,1H3,(H2,11,13). The average molecular weight is 253 g/mol. The maximum atomic E-state index is 5.48. The molecule has 1 aromatic heterocycles. The molecule has 1 heterocycles. The van der Waals surface area contributed by atoms with Gasteiger partial charge in [0.2, 0.25) is 0 Å². The Balaban J connectivity index is 2.47. The first kappa shape index (κ1) is 9.21. The van der Waals surface area contributed by atoms with Gasteiger partial charge in [0.15, 0.2) is 5.82 Å². The van der Waals surface area contributed by atoms with Crippen LogP contribution in [-0.2, 0) is 0 Å². The zero-order valence-corrected chi connectivity index (χ0v) is 9.19. The summed E-state index contributed by atoms with van der Waals surface area (Å²) < 4.78 is 1.07. The van der Waals surface area contributed by atoms with Gasteiger partial charge in [-0.3, -0.25) is 0 Å². The molecule has 0 aliphatic carbocycles. The molecule has 0 saturated heterocycles. The summed E-state index contributed by atoms with van der Waals surface area (Å²) in [6, 6.07) is 5.88. The van der Waals surface area contributed by atoms with Gasteiger partial charge in [-0.25, -0.2) is 0 Å². The Morgan fingerprint density at radius 3 is 2.79 bits per heavy atom. The van der Waals surface area contributed by atoms with Crippen LogP contribution in [0.3, 0.4) is 0 Å². The zero-order chi connectivity index (χ0) is 10.1. The van der Waals surface area contributed by atoms with E-state index in [1.807, 2.05) is 25.1 Å². The van der Waals surface area contributed by atoms with Gasteiger partial charge in [0.05, 0.1) is 11.9 Å². The third kappa shape index (κ3) is 1.63. The van der Waals surface area contributed by atoms with Gasteiger partial charge < -0.3 is 5.73 Å². The number of nitrogen functional groups attached to an aromatic ring is 1. The van der Waals surface area contributed by atoms with Crippen molar-refractivity contribution < 1.29 is 0 Å². The summed E-state index contributed by atoms with van der Waals surface area (Å²) in [7, 11) is 0. The molecule has 0 aliphatic heterocycles. The first-order chi connectivity index (χ1) is 6.66. The van der Waals surface area contributed by atoms with Gasteiger partial charge in [-0.05, 0) is 30.7 Å². The second kappa shape index (κ2) is 3.42. The third-order valence-corrected chi connectivity index (χ3v) is 2.77. The van der Waals surface area contributed by atoms with Crippen LogP contribution >= 0.6 is 15.9 Å². The quantitative estimate of drug-likeness (QED) is 0.844. The average Bonchev–Trinajstić information content (AvgIpc) is 2.57. The van der Waals surface area contributed by atoms with Gasteiger partial charge in [-0.1, -0.05) is 15.9 Å². The topological polar surface area (TPSA) is 56.7 Å². The molecule has 0 fully saturated rings. The lowest BCUT2D eigenvalue weighted by molar-refractivity contribution is 0.753. The molecule has 0 saturated carbocycles. The molecule has 2 rings (SSSR count). The molecule has 5 heteroatoms. The van der Waals surface area contributed by atoms with Gasteiger partial charge >= 0.3 is 0 Å². The lowest BCUT2D eigenvalue weighted by atomic mass is 10.2. The number of aryl methyl sites for hydroxylation is 1. The number of rotatable bonds is 1. The third-order valence-electron chi connectivity index (χ3n) is 1.88. The number of anilines is 1. The fourth-order valence-corrected chi connectivity index (χ4v) is 1.40. The van der Waals surface area contributed by atoms with Crippen molar-refractivity contribution in [3.8, 4) is 5.69 Å². The minimum atomic E-state index is 0.422. The minimum absolute atomic E-state index is 0.422. The molecule has 0 unspecified atom stereocenters. The number of halogens is 1. The Hall–Kier alpha value is -1.36. The van der Waals surface area contributed by atoms with E-state index in [-0.39, 0.29) is 0 Å². The van der Waals surface area contributed by atoms with Crippen LogP contribution in [0.5, 0.6) is 0 Å². The molecule has 2 aromatic rings. The van der Waals surface area contributed by atoms with Crippen molar-refractivity contribution in [2.75, 3.05) is 5.73 Å². The van der Waals surface area contributed by atoms with E-state index in [4.69, 9.17) is 5.73 Å². The summed E-state index contributed by atoms with van der Waals surface area (Å²) in [6.07, 6.45) is 1.53. The normalized spacial score (nSPS) is 10.4. The predicted octanol–water partition coefficient (Wildman–Crippen LogP) is 1.92. The van der Waals surface area contributed by atoms with Crippen LogP contribution in [0.25, 0.3) is 5.69 Å². The molecule has 2 N–H and O–H groups in total. The van der Waals surface area contributed by atoms with Crippen LogP contribution in [0.4, 0.5) is 5.82 Å². The largest absolute Gasteiger partial charge is 0.381 e. The Kier molecular flexibility index (Phi) is 2.25. The van der Waals surface area contributed by atoms with E-state index < -0.39 is 0 Å². The van der Waals surface area contributed by atoms with E-state index in [9.17, 15) is 0 Å². The summed E-state index contributed by atoms with van der Waals surface area (Å²) in [6.45, 7) is 2.01. The van der Waals surface area contributed by atoms with Crippen LogP contribution in [0.2, 0.25) is 0 Å². The van der Waals surface area contributed by atoms with Crippen molar-refractivity contribution in [2.45, 2.75) is 6.92 Å². The van der Waals surface area contributed by atoms with E-state index in [0.29, 0.717) is 5.82 Å². The highest BCUT2D eigenvalue weighted by molar-refractivity contribution is 9.10. The van der Waals surface area contributed by atoms with Crippen LogP contribution in [0.1, 0.15) is 5.56 Å². The molecular formula is C9H9BrN4. The smallest absolute Gasteiger partial charge is 0.166 e. The maximum absolute atomic E-state index is 5.48. The summed E-state index contributed by atoms with van der Waals surface area (Å²) in [5.74, 6) is 0.422. The first-order valence-electron chi connectivity index (χ1n) is 4.11. The van der Waals surface area contributed by atoms with Gasteiger partial charge in [-0.2, -0.15) is 5.10 Å². The number of hydrogen-bond acceptors (Lipinski definition) is 3. The molecule has 0 amide bonds. The maximum Gasteiger partial charge on any atom is 0.166 e. The summed E-state index contributed by atoms with van der Waals surface area (Å²) in [5, 5.41) is 8.04. The fourth-order valence-electron chi connectivity index (χ4n) is 1.15. The van der Waals surface area contributed by atoms with Crippen molar-refractivity contribution in [1.29, 1.82) is 0 Å². The molecule has 72 valence electrons. The van der Waals surface area contributed by atoms with E-state index in [2.05, 4.69) is 26.1 Å². The molecule has 0 spiro atoms. The van der Waals surface area contributed by atoms with Crippen LogP contribution in [-0.4, -0.2) is 15.0 Å². The lowest BCUT2D eigenvalue weighted by Crippen LogP contribution is -1.99. The molecule has 1 aromatic carbocycles. The van der Waals surface area contributed by atoms with Gasteiger partial charge in [0.1, 0.15) is 0 Å². The van der Waals surface area contributed by atoms with Crippen molar-refractivity contribution in [3.05, 3.63) is 34.4 Å². The summed E-state index contributed by atoms with van der Waals surface area (Å²) in [4.78, 5) is 1.51. The SMILES string of the molecule is Cc1cc(-n2ncc(N)n2)ccc1Br. The van der Waals surface area contributed by atoms with Crippen molar-refractivity contribution >= 4 is 21.7 Å². The van der Waals surface area contributed by atoms with Crippen LogP contribution in [0.15, 0.2) is 28.9 Å². The van der Waals surface area contributed by atoms with Crippen molar-refractivity contribution in [3.63, 3.8) is 0 Å². The Morgan fingerprint density at radius 1 is 1.43 bits per heavy atom. The highest BCUT2D eigenvalue weighted by atomic mass is 79.9. The Morgan fingerprint density at radius 2 is 2.21 bits per heavy atom. The summed E-state index contributed by atoms with van der Waals surface area (Å²) >= 11 is 3.43. The van der Waals surface area contributed by atoms with E-state index in [0.717, 1.165) is 15.7 Å². The van der Waals surface area contributed by atoms with E-state index in [1.54, 1.807) is 0 Å². The monoisotopic (exact) mass is 252 g/mol. The van der Waals surface area contributed by atoms with Crippen molar-refractivity contribution in [2.24, 2.45) is 0 Å². The Bertz CT molecular complexity index is 464. The van der Waals surface area contributed by atoms with Gasteiger partial charge in [0.25, 0.3) is 0 Å². The van der Waals surface area contributed by atoms with Crippen molar-refractivity contribution in [1.82, 2.24) is 15.0 Å². The minimum Gasteiger partial charge on any atom is -0.381 e. The molecule has 0 radical (unpaired) electrons. The first-order valence-corrected chi connectivity index (χ1v) is 4.90.